The van der Waals surface area contributed by atoms with Gasteiger partial charge in [-0.2, -0.15) is 0 Å². The summed E-state index contributed by atoms with van der Waals surface area (Å²) in [5.41, 5.74) is 3.02. The van der Waals surface area contributed by atoms with Crippen LogP contribution >= 0.6 is 11.8 Å². The summed E-state index contributed by atoms with van der Waals surface area (Å²) < 4.78 is 26.1. The maximum absolute atomic E-state index is 11.8. The number of hydrogen-bond acceptors (Lipinski definition) is 7. The first kappa shape index (κ1) is 29.2. The SMILES string of the molecule is O=Cc1ccccc1S[C@@H]1O[C@H](CO)[C@@H](OCc2ccccc2)[C@H](OCc2ccccc2)[C@H]1OCc1ccccc1. The molecule has 7 heteroatoms. The number of aliphatic hydroxyl groups is 1. The van der Waals surface area contributed by atoms with Gasteiger partial charge in [0.1, 0.15) is 29.9 Å². The summed E-state index contributed by atoms with van der Waals surface area (Å²) in [6.45, 7) is 0.736. The van der Waals surface area contributed by atoms with E-state index in [0.29, 0.717) is 25.4 Å². The molecule has 5 atom stereocenters. The van der Waals surface area contributed by atoms with Gasteiger partial charge in [0.05, 0.1) is 26.4 Å². The Hall–Kier alpha value is -3.30. The van der Waals surface area contributed by atoms with Crippen molar-refractivity contribution in [2.24, 2.45) is 0 Å². The third-order valence-electron chi connectivity index (χ3n) is 6.92. The second-order valence-corrected chi connectivity index (χ2v) is 10.9. The van der Waals surface area contributed by atoms with Crippen LogP contribution in [0.25, 0.3) is 0 Å². The van der Waals surface area contributed by atoms with Gasteiger partial charge >= 0.3 is 0 Å². The number of aliphatic hydroxyl groups excluding tert-OH is 1. The van der Waals surface area contributed by atoms with Gasteiger partial charge in [-0.15, -0.1) is 0 Å². The predicted octanol–water partition coefficient (Wildman–Crippen LogP) is 6.06. The average molecular weight is 571 g/mol. The predicted molar refractivity (Wildman–Crippen MR) is 158 cm³/mol. The van der Waals surface area contributed by atoms with Gasteiger partial charge in [0, 0.05) is 10.5 Å². The van der Waals surface area contributed by atoms with Crippen molar-refractivity contribution in [1.82, 2.24) is 0 Å². The molecular formula is C34H34O6S. The maximum Gasteiger partial charge on any atom is 0.151 e. The summed E-state index contributed by atoms with van der Waals surface area (Å²) in [7, 11) is 0. The van der Waals surface area contributed by atoms with Crippen molar-refractivity contribution < 1.29 is 28.8 Å². The number of carbonyl (C=O) groups excluding carboxylic acids is 1. The summed E-state index contributed by atoms with van der Waals surface area (Å²) in [4.78, 5) is 12.6. The highest BCUT2D eigenvalue weighted by Crippen LogP contribution is 2.39. The molecule has 4 aromatic carbocycles. The minimum atomic E-state index is -0.669. The lowest BCUT2D eigenvalue weighted by Gasteiger charge is -2.45. The van der Waals surface area contributed by atoms with E-state index in [1.807, 2.05) is 109 Å². The number of aldehydes is 1. The second kappa shape index (κ2) is 15.1. The Labute approximate surface area is 245 Å². The molecule has 0 amide bonds. The highest BCUT2D eigenvalue weighted by Gasteiger charge is 2.48. The van der Waals surface area contributed by atoms with Crippen LogP contribution in [0.1, 0.15) is 27.0 Å². The molecule has 1 fully saturated rings. The van der Waals surface area contributed by atoms with Crippen LogP contribution in [-0.2, 0) is 38.8 Å². The van der Waals surface area contributed by atoms with Gasteiger partial charge in [-0.1, -0.05) is 121 Å². The lowest BCUT2D eigenvalue weighted by atomic mass is 9.99. The van der Waals surface area contributed by atoms with Crippen LogP contribution in [0.5, 0.6) is 0 Å². The molecule has 5 rings (SSSR count). The van der Waals surface area contributed by atoms with E-state index in [9.17, 15) is 9.90 Å². The molecule has 1 saturated heterocycles. The molecule has 0 bridgehead atoms. The van der Waals surface area contributed by atoms with Crippen molar-refractivity contribution in [1.29, 1.82) is 0 Å². The van der Waals surface area contributed by atoms with Gasteiger partial charge in [-0.05, 0) is 22.8 Å². The number of ether oxygens (including phenoxy) is 4. The van der Waals surface area contributed by atoms with E-state index in [2.05, 4.69) is 0 Å². The van der Waals surface area contributed by atoms with Crippen LogP contribution in [0.3, 0.4) is 0 Å². The highest BCUT2D eigenvalue weighted by molar-refractivity contribution is 8.00. The Balaban J connectivity index is 1.47. The van der Waals surface area contributed by atoms with Crippen molar-refractivity contribution in [3.05, 3.63) is 138 Å². The third-order valence-corrected chi connectivity index (χ3v) is 8.15. The molecule has 212 valence electrons. The molecule has 0 radical (unpaired) electrons. The number of benzene rings is 4. The van der Waals surface area contributed by atoms with Crippen molar-refractivity contribution in [3.63, 3.8) is 0 Å². The van der Waals surface area contributed by atoms with E-state index in [1.54, 1.807) is 6.07 Å². The minimum absolute atomic E-state index is 0.261. The van der Waals surface area contributed by atoms with Gasteiger partial charge in [0.15, 0.2) is 6.29 Å². The van der Waals surface area contributed by atoms with Crippen LogP contribution in [0.4, 0.5) is 0 Å². The van der Waals surface area contributed by atoms with Gasteiger partial charge in [-0.25, -0.2) is 0 Å². The Kier molecular flexibility index (Phi) is 10.7. The topological polar surface area (TPSA) is 74.2 Å². The van der Waals surface area contributed by atoms with Crippen LogP contribution in [0.15, 0.2) is 120 Å². The summed E-state index contributed by atoms with van der Waals surface area (Å²) in [5.74, 6) is 0. The zero-order valence-corrected chi connectivity index (χ0v) is 23.5. The quantitative estimate of drug-likeness (QED) is 0.196. The molecule has 6 nitrogen and oxygen atoms in total. The third kappa shape index (κ3) is 7.92. The second-order valence-electron chi connectivity index (χ2n) is 9.78. The zero-order chi connectivity index (χ0) is 28.3. The monoisotopic (exact) mass is 570 g/mol. The van der Waals surface area contributed by atoms with Crippen LogP contribution < -0.4 is 0 Å². The van der Waals surface area contributed by atoms with Crippen LogP contribution in [-0.4, -0.2) is 47.9 Å². The molecule has 0 aliphatic carbocycles. The minimum Gasteiger partial charge on any atom is -0.394 e. The molecule has 1 aliphatic rings. The fraction of sp³-hybridized carbons (Fsp3) is 0.265. The van der Waals surface area contributed by atoms with Crippen LogP contribution in [0, 0.1) is 0 Å². The van der Waals surface area contributed by atoms with Gasteiger partial charge < -0.3 is 24.1 Å². The standard InChI is InChI=1S/C34H34O6S/c35-20-28-18-10-11-19-30(28)41-34-33(39-24-27-16-8-3-9-17-27)32(38-23-26-14-6-2-7-15-26)31(29(21-36)40-34)37-22-25-12-4-1-5-13-25/h1-20,29,31-34,36H,21-24H2/t29-,31-,32+,33-,34+/m1/s1. The molecular weight excluding hydrogens is 536 g/mol. The van der Waals surface area contributed by atoms with E-state index < -0.39 is 29.9 Å². The Morgan fingerprint density at radius 1 is 0.634 bits per heavy atom. The Bertz CT molecular complexity index is 1340. The first-order chi connectivity index (χ1) is 20.2. The summed E-state index contributed by atoms with van der Waals surface area (Å²) in [6.07, 6.45) is -1.59. The molecule has 0 spiro atoms. The molecule has 0 unspecified atom stereocenters. The molecule has 41 heavy (non-hydrogen) atoms. The van der Waals surface area contributed by atoms with Crippen molar-refractivity contribution in [3.8, 4) is 0 Å². The van der Waals surface area contributed by atoms with E-state index >= 15 is 0 Å². The molecule has 1 N–H and O–H groups in total. The summed E-state index contributed by atoms with van der Waals surface area (Å²) in [5, 5.41) is 10.5. The molecule has 0 saturated carbocycles. The number of hydrogen-bond donors (Lipinski definition) is 1. The van der Waals surface area contributed by atoms with E-state index in [-0.39, 0.29) is 6.61 Å². The van der Waals surface area contributed by atoms with E-state index in [0.717, 1.165) is 27.9 Å². The summed E-state index contributed by atoms with van der Waals surface area (Å²) in [6, 6.07) is 37.1. The van der Waals surface area contributed by atoms with Gasteiger partial charge in [-0.3, -0.25) is 4.79 Å². The van der Waals surface area contributed by atoms with Crippen molar-refractivity contribution in [2.75, 3.05) is 6.61 Å². The Morgan fingerprint density at radius 3 is 1.61 bits per heavy atom. The summed E-state index contributed by atoms with van der Waals surface area (Å²) >= 11 is 1.39. The smallest absolute Gasteiger partial charge is 0.151 e. The largest absolute Gasteiger partial charge is 0.394 e. The molecule has 0 aromatic heterocycles. The highest BCUT2D eigenvalue weighted by atomic mass is 32.2. The lowest BCUT2D eigenvalue weighted by Crippen LogP contribution is -2.60. The van der Waals surface area contributed by atoms with E-state index in [4.69, 9.17) is 18.9 Å². The van der Waals surface area contributed by atoms with Crippen molar-refractivity contribution >= 4 is 18.0 Å². The molecule has 1 heterocycles. The Morgan fingerprint density at radius 2 is 1.10 bits per heavy atom. The average Bonchev–Trinajstić information content (AvgIpc) is 3.04. The fourth-order valence-corrected chi connectivity index (χ4v) is 6.02. The normalized spacial score (nSPS) is 22.3. The number of rotatable bonds is 13. The zero-order valence-electron chi connectivity index (χ0n) is 22.7. The number of thioether (sulfide) groups is 1. The van der Waals surface area contributed by atoms with Gasteiger partial charge in [0.25, 0.3) is 0 Å². The number of carbonyl (C=O) groups is 1. The van der Waals surface area contributed by atoms with E-state index in [1.165, 1.54) is 11.8 Å². The fourth-order valence-electron chi connectivity index (χ4n) is 4.80. The first-order valence-electron chi connectivity index (χ1n) is 13.7. The lowest BCUT2D eigenvalue weighted by molar-refractivity contribution is -0.251. The maximum atomic E-state index is 11.8. The van der Waals surface area contributed by atoms with Gasteiger partial charge in [0.2, 0.25) is 0 Å². The van der Waals surface area contributed by atoms with Crippen LogP contribution in [0.2, 0.25) is 0 Å². The molecule has 1 aliphatic heterocycles. The van der Waals surface area contributed by atoms with Crippen molar-refractivity contribution in [2.45, 2.75) is 54.6 Å². The molecule has 4 aromatic rings. The first-order valence-corrected chi connectivity index (χ1v) is 14.6.